The van der Waals surface area contributed by atoms with Gasteiger partial charge in [0.1, 0.15) is 0 Å². The summed E-state index contributed by atoms with van der Waals surface area (Å²) in [5.74, 6) is -1.08. The van der Waals surface area contributed by atoms with Crippen LogP contribution < -0.4 is 0 Å². The maximum atomic E-state index is 12.1. The number of rotatable bonds is 6. The van der Waals surface area contributed by atoms with Crippen LogP contribution in [0.2, 0.25) is 0 Å². The van der Waals surface area contributed by atoms with E-state index in [1.54, 1.807) is 11.0 Å². The third-order valence-corrected chi connectivity index (χ3v) is 3.29. The molecule has 0 bridgehead atoms. The number of carboxylic acid groups (broad SMARTS) is 1. The summed E-state index contributed by atoms with van der Waals surface area (Å²) in [6.07, 6.45) is 3.16. The van der Waals surface area contributed by atoms with Crippen LogP contribution in [0.5, 0.6) is 0 Å². The molecular weight excluding hydrogens is 322 g/mol. The molecule has 0 spiro atoms. The van der Waals surface area contributed by atoms with Gasteiger partial charge in [0.25, 0.3) is 0 Å². The summed E-state index contributed by atoms with van der Waals surface area (Å²) in [6.45, 7) is 3.96. The van der Waals surface area contributed by atoms with Crippen LogP contribution in [-0.4, -0.2) is 34.5 Å². The van der Waals surface area contributed by atoms with Crippen LogP contribution in [0.3, 0.4) is 0 Å². The van der Waals surface area contributed by atoms with Crippen LogP contribution in [-0.2, 0) is 9.59 Å². The molecule has 0 heterocycles. The molecule has 0 aliphatic carbocycles. The number of carbonyl (C=O) groups excluding carboxylic acids is 1. The van der Waals surface area contributed by atoms with Crippen molar-refractivity contribution in [1.82, 2.24) is 4.90 Å². The molecule has 1 N–H and O–H groups in total. The smallest absolute Gasteiger partial charge is 0.305 e. The Bertz CT molecular complexity index is 494. The first-order valence-corrected chi connectivity index (χ1v) is 7.15. The van der Waals surface area contributed by atoms with E-state index in [1.807, 2.05) is 38.1 Å². The summed E-state index contributed by atoms with van der Waals surface area (Å²) in [5.41, 5.74) is 0.920. The van der Waals surface area contributed by atoms with Crippen LogP contribution in [0.1, 0.15) is 25.8 Å². The summed E-state index contributed by atoms with van der Waals surface area (Å²) >= 11 is 3.35. The highest BCUT2D eigenvalue weighted by atomic mass is 79.9. The molecule has 5 heteroatoms. The number of benzene rings is 1. The van der Waals surface area contributed by atoms with Crippen molar-refractivity contribution in [1.29, 1.82) is 0 Å². The first kappa shape index (κ1) is 16.4. The number of hydrogen-bond acceptors (Lipinski definition) is 2. The third kappa shape index (κ3) is 5.57. The van der Waals surface area contributed by atoms with Gasteiger partial charge in [0.2, 0.25) is 5.91 Å². The van der Waals surface area contributed by atoms with Crippen LogP contribution in [0, 0.1) is 0 Å². The monoisotopic (exact) mass is 339 g/mol. The summed E-state index contributed by atoms with van der Waals surface area (Å²) in [4.78, 5) is 24.2. The van der Waals surface area contributed by atoms with E-state index in [2.05, 4.69) is 15.9 Å². The van der Waals surface area contributed by atoms with Crippen LogP contribution in [0.25, 0.3) is 6.08 Å². The van der Waals surface area contributed by atoms with Gasteiger partial charge in [-0.1, -0.05) is 28.1 Å². The van der Waals surface area contributed by atoms with Crippen LogP contribution in [0.4, 0.5) is 0 Å². The first-order valence-electron chi connectivity index (χ1n) is 6.36. The van der Waals surface area contributed by atoms with Gasteiger partial charge in [-0.3, -0.25) is 9.59 Å². The Morgan fingerprint density at radius 1 is 1.30 bits per heavy atom. The SMILES string of the molecule is CC(C)N(CCC(=O)O)C(=O)/C=C/c1ccc(Br)cc1. The summed E-state index contributed by atoms with van der Waals surface area (Å²) in [6, 6.07) is 7.55. The Balaban J connectivity index is 2.70. The topological polar surface area (TPSA) is 57.6 Å². The van der Waals surface area contributed by atoms with Crippen molar-refractivity contribution in [3.8, 4) is 0 Å². The zero-order valence-electron chi connectivity index (χ0n) is 11.5. The number of nitrogens with zero attached hydrogens (tertiary/aromatic N) is 1. The minimum Gasteiger partial charge on any atom is -0.481 e. The molecule has 0 atom stereocenters. The lowest BCUT2D eigenvalue weighted by atomic mass is 10.2. The van der Waals surface area contributed by atoms with Gasteiger partial charge in [0.15, 0.2) is 0 Å². The largest absolute Gasteiger partial charge is 0.481 e. The second-order valence-electron chi connectivity index (χ2n) is 4.65. The van der Waals surface area contributed by atoms with Crippen molar-refractivity contribution < 1.29 is 14.7 Å². The minimum absolute atomic E-state index is 0.0311. The van der Waals surface area contributed by atoms with Gasteiger partial charge in [-0.25, -0.2) is 0 Å². The maximum Gasteiger partial charge on any atom is 0.305 e. The van der Waals surface area contributed by atoms with Gasteiger partial charge in [-0.05, 0) is 37.6 Å². The third-order valence-electron chi connectivity index (χ3n) is 2.76. The number of halogens is 1. The molecule has 1 amide bonds. The van der Waals surface area contributed by atoms with E-state index < -0.39 is 5.97 Å². The number of hydrogen-bond donors (Lipinski definition) is 1. The highest BCUT2D eigenvalue weighted by Gasteiger charge is 2.15. The lowest BCUT2D eigenvalue weighted by Crippen LogP contribution is -2.37. The van der Waals surface area contributed by atoms with E-state index in [-0.39, 0.29) is 24.9 Å². The number of carboxylic acids is 1. The lowest BCUT2D eigenvalue weighted by Gasteiger charge is -2.24. The van der Waals surface area contributed by atoms with Gasteiger partial charge in [0, 0.05) is 23.1 Å². The fourth-order valence-electron chi connectivity index (χ4n) is 1.68. The number of amides is 1. The molecule has 0 unspecified atom stereocenters. The predicted octanol–water partition coefficient (Wildman–Crippen LogP) is 3.17. The van der Waals surface area contributed by atoms with Crippen molar-refractivity contribution in [2.75, 3.05) is 6.54 Å². The highest BCUT2D eigenvalue weighted by molar-refractivity contribution is 9.10. The molecule has 1 aromatic carbocycles. The Morgan fingerprint density at radius 2 is 1.90 bits per heavy atom. The molecule has 0 aliphatic rings. The zero-order chi connectivity index (χ0) is 15.1. The fourth-order valence-corrected chi connectivity index (χ4v) is 1.94. The maximum absolute atomic E-state index is 12.1. The molecule has 0 aromatic heterocycles. The standard InChI is InChI=1S/C15H18BrNO3/c1-11(2)17(10-9-15(19)20)14(18)8-5-12-3-6-13(16)7-4-12/h3-8,11H,9-10H2,1-2H3,(H,19,20)/b8-5+. The Labute approximate surface area is 127 Å². The Hall–Kier alpha value is -1.62. The van der Waals surface area contributed by atoms with E-state index in [0.29, 0.717) is 0 Å². The fraction of sp³-hybridized carbons (Fsp3) is 0.333. The summed E-state index contributed by atoms with van der Waals surface area (Å²) < 4.78 is 0.978. The molecule has 1 aromatic rings. The first-order chi connectivity index (χ1) is 9.40. The van der Waals surface area contributed by atoms with Crippen molar-refractivity contribution in [3.05, 3.63) is 40.4 Å². The van der Waals surface area contributed by atoms with E-state index in [0.717, 1.165) is 10.0 Å². The van der Waals surface area contributed by atoms with Gasteiger partial charge in [-0.2, -0.15) is 0 Å². The minimum atomic E-state index is -0.902. The summed E-state index contributed by atoms with van der Waals surface area (Å²) in [7, 11) is 0. The normalized spacial score (nSPS) is 11.0. The molecule has 4 nitrogen and oxygen atoms in total. The number of carbonyl (C=O) groups is 2. The van der Waals surface area contributed by atoms with Gasteiger partial charge < -0.3 is 10.0 Å². The van der Waals surface area contributed by atoms with E-state index in [4.69, 9.17) is 5.11 Å². The molecule has 0 saturated carbocycles. The van der Waals surface area contributed by atoms with E-state index >= 15 is 0 Å². The van der Waals surface area contributed by atoms with Crippen molar-refractivity contribution in [2.24, 2.45) is 0 Å². The molecule has 0 saturated heterocycles. The summed E-state index contributed by atoms with van der Waals surface area (Å²) in [5, 5.41) is 8.70. The van der Waals surface area contributed by atoms with Gasteiger partial charge in [-0.15, -0.1) is 0 Å². The van der Waals surface area contributed by atoms with Crippen molar-refractivity contribution in [2.45, 2.75) is 26.3 Å². The molecular formula is C15H18BrNO3. The molecule has 20 heavy (non-hydrogen) atoms. The molecule has 0 aliphatic heterocycles. The van der Waals surface area contributed by atoms with E-state index in [1.165, 1.54) is 6.08 Å². The lowest BCUT2D eigenvalue weighted by molar-refractivity contribution is -0.138. The average Bonchev–Trinajstić information content (AvgIpc) is 2.37. The molecule has 108 valence electrons. The van der Waals surface area contributed by atoms with Crippen LogP contribution in [0.15, 0.2) is 34.8 Å². The van der Waals surface area contributed by atoms with Crippen molar-refractivity contribution >= 4 is 33.9 Å². The van der Waals surface area contributed by atoms with Crippen molar-refractivity contribution in [3.63, 3.8) is 0 Å². The molecule has 0 radical (unpaired) electrons. The molecule has 1 rings (SSSR count). The predicted molar refractivity (Wildman–Crippen MR) is 82.3 cm³/mol. The zero-order valence-corrected chi connectivity index (χ0v) is 13.1. The Kier molecular flexibility index (Phi) is 6.45. The van der Waals surface area contributed by atoms with Gasteiger partial charge in [0.05, 0.1) is 6.42 Å². The van der Waals surface area contributed by atoms with Gasteiger partial charge >= 0.3 is 5.97 Å². The van der Waals surface area contributed by atoms with E-state index in [9.17, 15) is 9.59 Å². The highest BCUT2D eigenvalue weighted by Crippen LogP contribution is 2.12. The average molecular weight is 340 g/mol. The number of aliphatic carboxylic acids is 1. The second kappa shape index (κ2) is 7.85. The second-order valence-corrected chi connectivity index (χ2v) is 5.57. The molecule has 0 fully saturated rings. The van der Waals surface area contributed by atoms with Crippen LogP contribution >= 0.6 is 15.9 Å². The Morgan fingerprint density at radius 3 is 2.40 bits per heavy atom. The quantitative estimate of drug-likeness (QED) is 0.810.